The van der Waals surface area contributed by atoms with Gasteiger partial charge in [-0.05, 0) is 36.4 Å². The third-order valence-corrected chi connectivity index (χ3v) is 5.54. The molecule has 0 atom stereocenters. The Kier molecular flexibility index (Phi) is 7.41. The number of halogens is 1. The molecule has 0 spiro atoms. The van der Waals surface area contributed by atoms with Crippen molar-refractivity contribution < 1.29 is 23.6 Å². The molecule has 5 amide bonds. The predicted molar refractivity (Wildman–Crippen MR) is 129 cm³/mol. The second-order valence-corrected chi connectivity index (χ2v) is 8.13. The molecule has 0 unspecified atom stereocenters. The van der Waals surface area contributed by atoms with Gasteiger partial charge in [0, 0.05) is 42.7 Å². The van der Waals surface area contributed by atoms with Crippen molar-refractivity contribution in [2.24, 2.45) is 0 Å². The fraction of sp³-hybridized carbons (Fsp3) is 0.208. The van der Waals surface area contributed by atoms with E-state index in [4.69, 9.17) is 16.0 Å². The number of carbonyl (C=O) groups excluding carboxylic acids is 4. The van der Waals surface area contributed by atoms with Crippen LogP contribution >= 0.6 is 11.6 Å². The van der Waals surface area contributed by atoms with Gasteiger partial charge < -0.3 is 20.4 Å². The normalized spacial score (nSPS) is 13.0. The van der Waals surface area contributed by atoms with Gasteiger partial charge >= 0.3 is 6.03 Å². The van der Waals surface area contributed by atoms with Crippen LogP contribution in [0.1, 0.15) is 18.7 Å². The number of anilines is 2. The first-order valence-electron chi connectivity index (χ1n) is 10.9. The summed E-state index contributed by atoms with van der Waals surface area (Å²) in [6.07, 6.45) is 2.06. The minimum Gasteiger partial charge on any atom is -0.441 e. The summed E-state index contributed by atoms with van der Waals surface area (Å²) in [5.41, 5.74) is 1.83. The first-order valence-corrected chi connectivity index (χ1v) is 11.2. The average Bonchev–Trinajstić information content (AvgIpc) is 3.44. The number of imide groups is 1. The molecular formula is C24H22ClN5O5. The Morgan fingerprint density at radius 3 is 2.29 bits per heavy atom. The number of hydrogen-bond donors (Lipinski definition) is 3. The van der Waals surface area contributed by atoms with Crippen LogP contribution in [0.15, 0.2) is 59.1 Å². The standard InChI is InChI=1S/C24H22ClN5O5/c25-18-4-2-1-3-17(18)19-13-26-22(35-19)10-9-20(31)28-15-5-7-16(8-6-15)29-21(32)11-12-30-23(33)14-27-24(30)34/h1-8,13H,9-12,14H2,(H,27,34)(H,28,31)(H,29,32). The Morgan fingerprint density at radius 1 is 1.00 bits per heavy atom. The van der Waals surface area contributed by atoms with Gasteiger partial charge in [-0.15, -0.1) is 0 Å². The van der Waals surface area contributed by atoms with E-state index in [2.05, 4.69) is 20.9 Å². The lowest BCUT2D eigenvalue weighted by molar-refractivity contribution is -0.125. The zero-order chi connectivity index (χ0) is 24.8. The van der Waals surface area contributed by atoms with Crippen LogP contribution in [0.3, 0.4) is 0 Å². The second-order valence-electron chi connectivity index (χ2n) is 7.73. The van der Waals surface area contributed by atoms with Crippen LogP contribution in [-0.4, -0.2) is 46.7 Å². The van der Waals surface area contributed by atoms with Crippen molar-refractivity contribution in [3.8, 4) is 11.3 Å². The van der Waals surface area contributed by atoms with Crippen LogP contribution < -0.4 is 16.0 Å². The number of rotatable bonds is 9. The van der Waals surface area contributed by atoms with Crippen LogP contribution in [0.25, 0.3) is 11.3 Å². The van der Waals surface area contributed by atoms with Crippen molar-refractivity contribution in [2.45, 2.75) is 19.3 Å². The van der Waals surface area contributed by atoms with E-state index in [9.17, 15) is 19.2 Å². The fourth-order valence-corrected chi connectivity index (χ4v) is 3.64. The number of nitrogens with zero attached hydrogens (tertiary/aromatic N) is 2. The van der Waals surface area contributed by atoms with Crippen molar-refractivity contribution in [3.05, 3.63) is 65.6 Å². The average molecular weight is 496 g/mol. The molecule has 0 saturated carbocycles. The molecule has 0 bridgehead atoms. The maximum absolute atomic E-state index is 12.3. The minimum atomic E-state index is -0.494. The minimum absolute atomic E-state index is 0.00898. The maximum Gasteiger partial charge on any atom is 0.324 e. The molecule has 35 heavy (non-hydrogen) atoms. The number of aryl methyl sites for hydroxylation is 1. The first kappa shape index (κ1) is 24.0. The van der Waals surface area contributed by atoms with E-state index in [-0.39, 0.29) is 43.7 Å². The SMILES string of the molecule is O=C(CCc1ncc(-c2ccccc2Cl)o1)Nc1ccc(NC(=O)CCN2C(=O)CNC2=O)cc1. The zero-order valence-corrected chi connectivity index (χ0v) is 19.3. The highest BCUT2D eigenvalue weighted by molar-refractivity contribution is 6.33. The van der Waals surface area contributed by atoms with E-state index >= 15 is 0 Å². The van der Waals surface area contributed by atoms with Crippen LogP contribution in [0, 0.1) is 0 Å². The Labute approximate surface area is 205 Å². The van der Waals surface area contributed by atoms with Crippen molar-refractivity contribution in [1.29, 1.82) is 0 Å². The molecule has 10 nitrogen and oxygen atoms in total. The molecule has 2 heterocycles. The number of nitrogens with one attached hydrogen (secondary N) is 3. The van der Waals surface area contributed by atoms with Crippen LogP contribution in [-0.2, 0) is 20.8 Å². The van der Waals surface area contributed by atoms with Gasteiger partial charge in [-0.2, -0.15) is 0 Å². The molecule has 1 aromatic heterocycles. The summed E-state index contributed by atoms with van der Waals surface area (Å²) in [5.74, 6) is 0.0659. The summed E-state index contributed by atoms with van der Waals surface area (Å²) in [7, 11) is 0. The van der Waals surface area contributed by atoms with Gasteiger partial charge in [0.05, 0.1) is 17.8 Å². The summed E-state index contributed by atoms with van der Waals surface area (Å²) >= 11 is 6.17. The Bertz CT molecular complexity index is 1240. The molecule has 1 aliphatic rings. The molecule has 11 heteroatoms. The number of urea groups is 1. The number of carbonyl (C=O) groups is 4. The van der Waals surface area contributed by atoms with Gasteiger partial charge in [-0.25, -0.2) is 9.78 Å². The van der Waals surface area contributed by atoms with Crippen molar-refractivity contribution in [2.75, 3.05) is 23.7 Å². The molecule has 2 aromatic carbocycles. The van der Waals surface area contributed by atoms with E-state index in [0.717, 1.165) is 10.5 Å². The third-order valence-electron chi connectivity index (χ3n) is 5.21. The van der Waals surface area contributed by atoms with E-state index < -0.39 is 6.03 Å². The third kappa shape index (κ3) is 6.24. The lowest BCUT2D eigenvalue weighted by Gasteiger charge is -2.12. The highest BCUT2D eigenvalue weighted by atomic mass is 35.5. The molecule has 1 saturated heterocycles. The topological polar surface area (TPSA) is 134 Å². The maximum atomic E-state index is 12.3. The summed E-state index contributed by atoms with van der Waals surface area (Å²) in [5, 5.41) is 8.43. The molecule has 3 aromatic rings. The molecule has 1 fully saturated rings. The molecular weight excluding hydrogens is 474 g/mol. The van der Waals surface area contributed by atoms with Gasteiger partial charge in [0.25, 0.3) is 0 Å². The van der Waals surface area contributed by atoms with Crippen molar-refractivity contribution in [3.63, 3.8) is 0 Å². The number of hydrogen-bond acceptors (Lipinski definition) is 6. The van der Waals surface area contributed by atoms with E-state index in [0.29, 0.717) is 34.5 Å². The summed E-state index contributed by atoms with van der Waals surface area (Å²) < 4.78 is 5.71. The van der Waals surface area contributed by atoms with Crippen molar-refractivity contribution >= 4 is 46.7 Å². The monoisotopic (exact) mass is 495 g/mol. The van der Waals surface area contributed by atoms with Gasteiger partial charge in [-0.3, -0.25) is 19.3 Å². The quantitative estimate of drug-likeness (QED) is 0.389. The number of oxazole rings is 1. The Balaban J connectivity index is 1.22. The Hall–Kier alpha value is -4.18. The Morgan fingerprint density at radius 2 is 1.66 bits per heavy atom. The number of amides is 5. The molecule has 3 N–H and O–H groups in total. The first-order chi connectivity index (χ1) is 16.9. The van der Waals surface area contributed by atoms with Gasteiger partial charge in [-0.1, -0.05) is 23.7 Å². The van der Waals surface area contributed by atoms with Gasteiger partial charge in [0.2, 0.25) is 17.7 Å². The molecule has 0 radical (unpaired) electrons. The highest BCUT2D eigenvalue weighted by Gasteiger charge is 2.28. The number of aromatic nitrogens is 1. The van der Waals surface area contributed by atoms with Crippen LogP contribution in [0.2, 0.25) is 5.02 Å². The fourth-order valence-electron chi connectivity index (χ4n) is 3.41. The summed E-state index contributed by atoms with van der Waals surface area (Å²) in [6, 6.07) is 13.4. The van der Waals surface area contributed by atoms with Crippen LogP contribution in [0.4, 0.5) is 16.2 Å². The highest BCUT2D eigenvalue weighted by Crippen LogP contribution is 2.28. The predicted octanol–water partition coefficient (Wildman–Crippen LogP) is 3.45. The van der Waals surface area contributed by atoms with Crippen LogP contribution in [0.5, 0.6) is 0 Å². The van der Waals surface area contributed by atoms with Crippen molar-refractivity contribution in [1.82, 2.24) is 15.2 Å². The lowest BCUT2D eigenvalue weighted by Crippen LogP contribution is -2.33. The van der Waals surface area contributed by atoms with Gasteiger partial charge in [0.15, 0.2) is 11.7 Å². The molecule has 1 aliphatic heterocycles. The second kappa shape index (κ2) is 10.8. The molecule has 4 rings (SSSR count). The smallest absolute Gasteiger partial charge is 0.324 e. The lowest BCUT2D eigenvalue weighted by atomic mass is 10.2. The van der Waals surface area contributed by atoms with E-state index in [1.54, 1.807) is 36.5 Å². The van der Waals surface area contributed by atoms with Gasteiger partial charge in [0.1, 0.15) is 0 Å². The zero-order valence-electron chi connectivity index (χ0n) is 18.5. The molecule has 180 valence electrons. The summed E-state index contributed by atoms with van der Waals surface area (Å²) in [4.78, 5) is 52.7. The summed E-state index contributed by atoms with van der Waals surface area (Å²) in [6.45, 7) is -0.0374. The van der Waals surface area contributed by atoms with E-state index in [1.807, 2.05) is 18.2 Å². The molecule has 0 aliphatic carbocycles. The van der Waals surface area contributed by atoms with E-state index in [1.165, 1.54) is 0 Å². The largest absolute Gasteiger partial charge is 0.441 e. The number of benzene rings is 2.